The van der Waals surface area contributed by atoms with Gasteiger partial charge in [-0.1, -0.05) is 54.1 Å². The smallest absolute Gasteiger partial charge is 0.338 e. The number of benzene rings is 2. The highest BCUT2D eigenvalue weighted by atomic mass is 35.5. The van der Waals surface area contributed by atoms with Gasteiger partial charge in [-0.05, 0) is 75.0 Å². The SMILES string of the molecule is CN(C)CCOC(=O)c1ccc(NC(=O)CCCCCN2C(=O)/C(=C/c3ccc(Cl)cc3)SC2=S)cc1. The zero-order chi connectivity index (χ0) is 26.8. The van der Waals surface area contributed by atoms with Crippen LogP contribution in [0.2, 0.25) is 5.02 Å². The van der Waals surface area contributed by atoms with Crippen molar-refractivity contribution in [2.24, 2.45) is 0 Å². The van der Waals surface area contributed by atoms with Crippen molar-refractivity contribution < 1.29 is 19.1 Å². The standard InChI is InChI=1S/C27H30ClN3O4S2/c1-30(2)16-17-35-26(34)20-9-13-22(14-10-20)29-24(32)6-4-3-5-15-31-25(33)23(37-27(31)36)18-19-7-11-21(28)12-8-19/h7-14,18H,3-6,15-17H2,1-2H3,(H,29,32)/b23-18-. The molecule has 3 rings (SSSR count). The first-order valence-corrected chi connectivity index (χ1v) is 13.6. The summed E-state index contributed by atoms with van der Waals surface area (Å²) in [4.78, 5) is 41.2. The first-order chi connectivity index (χ1) is 17.7. The zero-order valence-corrected chi connectivity index (χ0v) is 23.3. The second-order valence-corrected chi connectivity index (χ2v) is 10.9. The summed E-state index contributed by atoms with van der Waals surface area (Å²) in [5.74, 6) is -0.577. The largest absolute Gasteiger partial charge is 0.461 e. The van der Waals surface area contributed by atoms with E-state index >= 15 is 0 Å². The Hall–Kier alpha value is -2.72. The van der Waals surface area contributed by atoms with Gasteiger partial charge in [0.15, 0.2) is 0 Å². The van der Waals surface area contributed by atoms with Crippen molar-refractivity contribution in [3.8, 4) is 0 Å². The van der Waals surface area contributed by atoms with Crippen LogP contribution in [0.15, 0.2) is 53.4 Å². The van der Waals surface area contributed by atoms with Crippen LogP contribution in [0.4, 0.5) is 5.69 Å². The number of ether oxygens (including phenoxy) is 1. The molecule has 2 aromatic rings. The molecular formula is C27H30ClN3O4S2. The van der Waals surface area contributed by atoms with Gasteiger partial charge in [0.25, 0.3) is 5.91 Å². The van der Waals surface area contributed by atoms with Crippen LogP contribution in [0.25, 0.3) is 6.08 Å². The Labute approximate surface area is 232 Å². The molecule has 1 saturated heterocycles. The molecule has 2 aromatic carbocycles. The zero-order valence-electron chi connectivity index (χ0n) is 20.9. The lowest BCUT2D eigenvalue weighted by atomic mass is 10.1. The molecular weight excluding hydrogens is 530 g/mol. The molecule has 10 heteroatoms. The number of unbranched alkanes of at least 4 members (excludes halogenated alkanes) is 2. The van der Waals surface area contributed by atoms with Crippen LogP contribution in [0.3, 0.4) is 0 Å². The van der Waals surface area contributed by atoms with E-state index in [0.29, 0.717) is 58.0 Å². The van der Waals surface area contributed by atoms with E-state index < -0.39 is 0 Å². The highest BCUT2D eigenvalue weighted by molar-refractivity contribution is 8.26. The first-order valence-electron chi connectivity index (χ1n) is 12.0. The van der Waals surface area contributed by atoms with E-state index in [1.54, 1.807) is 41.3 Å². The second-order valence-electron chi connectivity index (χ2n) is 8.76. The predicted molar refractivity (Wildman–Crippen MR) is 154 cm³/mol. The van der Waals surface area contributed by atoms with E-state index in [-0.39, 0.29) is 17.8 Å². The summed E-state index contributed by atoms with van der Waals surface area (Å²) in [5, 5.41) is 3.49. The monoisotopic (exact) mass is 559 g/mol. The minimum Gasteiger partial charge on any atom is -0.461 e. The number of amides is 2. The number of nitrogens with one attached hydrogen (secondary N) is 1. The van der Waals surface area contributed by atoms with Gasteiger partial charge in [0, 0.05) is 30.2 Å². The molecule has 2 amide bonds. The molecule has 1 N–H and O–H groups in total. The van der Waals surface area contributed by atoms with Crippen molar-refractivity contribution in [3.63, 3.8) is 0 Å². The summed E-state index contributed by atoms with van der Waals surface area (Å²) in [5.41, 5.74) is 1.96. The van der Waals surface area contributed by atoms with Gasteiger partial charge in [0.05, 0.1) is 10.5 Å². The molecule has 37 heavy (non-hydrogen) atoms. The van der Waals surface area contributed by atoms with Gasteiger partial charge in [-0.3, -0.25) is 14.5 Å². The van der Waals surface area contributed by atoms with Crippen LogP contribution in [-0.2, 0) is 14.3 Å². The molecule has 0 spiro atoms. The van der Waals surface area contributed by atoms with E-state index in [0.717, 1.165) is 18.4 Å². The Bertz CT molecular complexity index is 1150. The Kier molecular flexibility index (Phi) is 11.1. The Morgan fingerprint density at radius 3 is 2.46 bits per heavy atom. The molecule has 0 aliphatic carbocycles. The minimum absolute atomic E-state index is 0.0901. The van der Waals surface area contributed by atoms with Crippen LogP contribution in [0, 0.1) is 0 Å². The number of rotatable bonds is 12. The van der Waals surface area contributed by atoms with Gasteiger partial charge >= 0.3 is 5.97 Å². The number of esters is 1. The van der Waals surface area contributed by atoms with Crippen LogP contribution in [-0.4, -0.2) is 65.7 Å². The number of hydrogen-bond donors (Lipinski definition) is 1. The lowest BCUT2D eigenvalue weighted by molar-refractivity contribution is -0.122. The number of carbonyl (C=O) groups is 3. The van der Waals surface area contributed by atoms with Crippen molar-refractivity contribution in [2.45, 2.75) is 25.7 Å². The number of hydrogen-bond acceptors (Lipinski definition) is 7. The lowest BCUT2D eigenvalue weighted by Crippen LogP contribution is -2.29. The molecule has 0 aromatic heterocycles. The van der Waals surface area contributed by atoms with E-state index in [9.17, 15) is 14.4 Å². The molecule has 1 aliphatic heterocycles. The summed E-state index contributed by atoms with van der Waals surface area (Å²) in [7, 11) is 3.82. The number of likely N-dealkylation sites (N-methyl/N-ethyl adjacent to an activating group) is 1. The fraction of sp³-hybridized carbons (Fsp3) is 0.333. The summed E-state index contributed by atoms with van der Waals surface area (Å²) >= 11 is 12.6. The van der Waals surface area contributed by atoms with Gasteiger partial charge in [0.1, 0.15) is 10.9 Å². The van der Waals surface area contributed by atoms with E-state index in [1.807, 2.05) is 37.2 Å². The number of halogens is 1. The summed E-state index contributed by atoms with van der Waals surface area (Å²) in [6.07, 6.45) is 4.42. The molecule has 0 atom stereocenters. The third-order valence-corrected chi connectivity index (χ3v) is 7.13. The molecule has 0 saturated carbocycles. The molecule has 7 nitrogen and oxygen atoms in total. The molecule has 1 aliphatic rings. The van der Waals surface area contributed by atoms with Crippen molar-refractivity contribution in [3.05, 3.63) is 69.6 Å². The third-order valence-electron chi connectivity index (χ3n) is 5.50. The highest BCUT2D eigenvalue weighted by Crippen LogP contribution is 2.33. The average molecular weight is 560 g/mol. The van der Waals surface area contributed by atoms with Gasteiger partial charge < -0.3 is 15.0 Å². The molecule has 1 fully saturated rings. The van der Waals surface area contributed by atoms with Gasteiger partial charge in [-0.25, -0.2) is 4.79 Å². The fourth-order valence-corrected chi connectivity index (χ4v) is 4.89. The van der Waals surface area contributed by atoms with Crippen LogP contribution in [0.1, 0.15) is 41.6 Å². The van der Waals surface area contributed by atoms with Crippen molar-refractivity contribution in [1.29, 1.82) is 0 Å². The first kappa shape index (κ1) is 28.8. The average Bonchev–Trinajstić information content (AvgIpc) is 3.12. The number of thioether (sulfide) groups is 1. The molecule has 1 heterocycles. The quantitative estimate of drug-likeness (QED) is 0.160. The van der Waals surface area contributed by atoms with E-state index in [4.69, 9.17) is 28.6 Å². The maximum atomic E-state index is 12.7. The predicted octanol–water partition coefficient (Wildman–Crippen LogP) is 5.46. The molecule has 196 valence electrons. The number of thiocarbonyl (C=S) groups is 1. The van der Waals surface area contributed by atoms with Gasteiger partial charge in [-0.2, -0.15) is 0 Å². The normalized spacial score (nSPS) is 14.5. The number of anilines is 1. The maximum Gasteiger partial charge on any atom is 0.338 e. The highest BCUT2D eigenvalue weighted by Gasteiger charge is 2.31. The molecule has 0 bridgehead atoms. The van der Waals surface area contributed by atoms with Gasteiger partial charge in [-0.15, -0.1) is 0 Å². The number of nitrogens with zero attached hydrogens (tertiary/aromatic N) is 2. The maximum absolute atomic E-state index is 12.7. The summed E-state index contributed by atoms with van der Waals surface area (Å²) in [6, 6.07) is 13.9. The minimum atomic E-state index is -0.387. The van der Waals surface area contributed by atoms with Crippen molar-refractivity contribution in [2.75, 3.05) is 39.1 Å². The van der Waals surface area contributed by atoms with Crippen LogP contribution < -0.4 is 5.32 Å². The molecule has 0 unspecified atom stereocenters. The fourth-order valence-electron chi connectivity index (χ4n) is 3.45. The number of carbonyl (C=O) groups excluding carboxylic acids is 3. The van der Waals surface area contributed by atoms with Crippen LogP contribution in [0.5, 0.6) is 0 Å². The molecule has 0 radical (unpaired) electrons. The van der Waals surface area contributed by atoms with E-state index in [2.05, 4.69) is 5.32 Å². The third kappa shape index (κ3) is 9.27. The Morgan fingerprint density at radius 1 is 1.08 bits per heavy atom. The van der Waals surface area contributed by atoms with Gasteiger partial charge in [0.2, 0.25) is 5.91 Å². The van der Waals surface area contributed by atoms with E-state index in [1.165, 1.54) is 11.8 Å². The Morgan fingerprint density at radius 2 is 1.78 bits per heavy atom. The van der Waals surface area contributed by atoms with Crippen molar-refractivity contribution in [1.82, 2.24) is 9.80 Å². The topological polar surface area (TPSA) is 79.0 Å². The lowest BCUT2D eigenvalue weighted by Gasteiger charge is -2.14. The Balaban J connectivity index is 1.35. The second kappa shape index (κ2) is 14.3. The summed E-state index contributed by atoms with van der Waals surface area (Å²) < 4.78 is 5.76. The van der Waals surface area contributed by atoms with Crippen molar-refractivity contribution >= 4 is 69.4 Å². The summed E-state index contributed by atoms with van der Waals surface area (Å²) in [6.45, 7) is 1.50. The van der Waals surface area contributed by atoms with Crippen LogP contribution >= 0.6 is 35.6 Å².